The number of rotatable bonds is 5. The molecule has 1 aliphatic carbocycles. The van der Waals surface area contributed by atoms with Gasteiger partial charge in [-0.2, -0.15) is 0 Å². The molecular formula is C11H22Si. The summed E-state index contributed by atoms with van der Waals surface area (Å²) in [5, 5.41) is 0. The van der Waals surface area contributed by atoms with Crippen LogP contribution >= 0.6 is 0 Å². The molecule has 1 aliphatic rings. The zero-order chi connectivity index (χ0) is 8.65. The average Bonchev–Trinajstić information content (AvgIpc) is 2.14. The third-order valence-electron chi connectivity index (χ3n) is 2.82. The van der Waals surface area contributed by atoms with E-state index in [9.17, 15) is 0 Å². The zero-order valence-corrected chi connectivity index (χ0v) is 9.44. The third kappa shape index (κ3) is 4.29. The summed E-state index contributed by atoms with van der Waals surface area (Å²) in [6.07, 6.45) is 12.0. The van der Waals surface area contributed by atoms with Gasteiger partial charge in [0.1, 0.15) is 0 Å². The Kier molecular flexibility index (Phi) is 5.75. The smallest absolute Gasteiger partial charge is 0.0413 e. The molecule has 0 aromatic carbocycles. The van der Waals surface area contributed by atoms with Crippen molar-refractivity contribution < 1.29 is 0 Å². The predicted octanol–water partition coefficient (Wildman–Crippen LogP) is 4.05. The lowest BCUT2D eigenvalue weighted by atomic mass is 10.0. The van der Waals surface area contributed by atoms with Gasteiger partial charge >= 0.3 is 0 Å². The Hall–Kier alpha value is 0.217. The van der Waals surface area contributed by atoms with E-state index in [0.717, 1.165) is 5.54 Å². The third-order valence-corrected chi connectivity index (χ3v) is 4.62. The SMILES string of the molecule is CCCCC[Si]C1CCCCC1. The van der Waals surface area contributed by atoms with Gasteiger partial charge in [0.15, 0.2) is 0 Å². The molecule has 0 aromatic heterocycles. The van der Waals surface area contributed by atoms with Crippen LogP contribution in [-0.4, -0.2) is 9.52 Å². The first-order valence-electron chi connectivity index (χ1n) is 5.67. The van der Waals surface area contributed by atoms with Crippen LogP contribution in [0, 0.1) is 0 Å². The normalized spacial score (nSPS) is 19.8. The minimum atomic E-state index is 1.13. The van der Waals surface area contributed by atoms with Gasteiger partial charge in [-0.3, -0.25) is 0 Å². The minimum absolute atomic E-state index is 1.13. The topological polar surface area (TPSA) is 0 Å². The predicted molar refractivity (Wildman–Crippen MR) is 56.9 cm³/mol. The number of unbranched alkanes of at least 4 members (excludes halogenated alkanes) is 2. The van der Waals surface area contributed by atoms with Crippen LogP contribution in [-0.2, 0) is 0 Å². The fourth-order valence-electron chi connectivity index (χ4n) is 1.99. The van der Waals surface area contributed by atoms with Gasteiger partial charge in [-0.15, -0.1) is 0 Å². The molecule has 0 saturated heterocycles. The molecule has 0 spiro atoms. The monoisotopic (exact) mass is 182 g/mol. The van der Waals surface area contributed by atoms with Crippen LogP contribution in [0.4, 0.5) is 0 Å². The van der Waals surface area contributed by atoms with Crippen LogP contribution in [0.5, 0.6) is 0 Å². The van der Waals surface area contributed by atoms with Crippen molar-refractivity contribution in [2.24, 2.45) is 0 Å². The Morgan fingerprint density at radius 2 is 1.83 bits per heavy atom. The molecule has 70 valence electrons. The molecule has 1 heteroatoms. The minimum Gasteiger partial charge on any atom is -0.0654 e. The molecule has 0 amide bonds. The van der Waals surface area contributed by atoms with Gasteiger partial charge < -0.3 is 0 Å². The summed E-state index contributed by atoms with van der Waals surface area (Å²) in [5.41, 5.74) is 1.13. The van der Waals surface area contributed by atoms with Gasteiger partial charge in [-0.25, -0.2) is 0 Å². The van der Waals surface area contributed by atoms with Crippen molar-refractivity contribution in [3.8, 4) is 0 Å². The van der Waals surface area contributed by atoms with Gasteiger partial charge in [-0.05, 0) is 5.54 Å². The van der Waals surface area contributed by atoms with Crippen molar-refractivity contribution in [3.63, 3.8) is 0 Å². The second kappa shape index (κ2) is 6.70. The molecular weight excluding hydrogens is 160 g/mol. The highest BCUT2D eigenvalue weighted by Gasteiger charge is 2.12. The summed E-state index contributed by atoms with van der Waals surface area (Å²) in [5.74, 6) is 0. The highest BCUT2D eigenvalue weighted by molar-refractivity contribution is 6.37. The van der Waals surface area contributed by atoms with Gasteiger partial charge in [0.25, 0.3) is 0 Å². The van der Waals surface area contributed by atoms with Crippen molar-refractivity contribution in [2.45, 2.75) is 69.9 Å². The van der Waals surface area contributed by atoms with E-state index in [1.165, 1.54) is 54.1 Å². The Morgan fingerprint density at radius 1 is 1.08 bits per heavy atom. The maximum absolute atomic E-state index is 2.30. The lowest BCUT2D eigenvalue weighted by Gasteiger charge is -2.20. The zero-order valence-electron chi connectivity index (χ0n) is 8.44. The van der Waals surface area contributed by atoms with Gasteiger partial charge in [0, 0.05) is 9.52 Å². The summed E-state index contributed by atoms with van der Waals surface area (Å²) < 4.78 is 0. The second-order valence-electron chi connectivity index (χ2n) is 4.00. The van der Waals surface area contributed by atoms with E-state index in [2.05, 4.69) is 6.92 Å². The summed E-state index contributed by atoms with van der Waals surface area (Å²) in [6.45, 7) is 2.30. The molecule has 1 fully saturated rings. The molecule has 0 atom stereocenters. The first-order valence-corrected chi connectivity index (χ1v) is 6.95. The van der Waals surface area contributed by atoms with E-state index in [0.29, 0.717) is 0 Å². The average molecular weight is 182 g/mol. The summed E-state index contributed by atoms with van der Waals surface area (Å²) in [6, 6.07) is 1.53. The Morgan fingerprint density at radius 3 is 2.50 bits per heavy atom. The lowest BCUT2D eigenvalue weighted by Crippen LogP contribution is -2.07. The number of hydrogen-bond acceptors (Lipinski definition) is 0. The van der Waals surface area contributed by atoms with E-state index < -0.39 is 0 Å². The van der Waals surface area contributed by atoms with Crippen LogP contribution in [0.25, 0.3) is 0 Å². The molecule has 0 heterocycles. The van der Waals surface area contributed by atoms with Crippen LogP contribution in [0.3, 0.4) is 0 Å². The molecule has 0 aliphatic heterocycles. The maximum Gasteiger partial charge on any atom is 0.0413 e. The van der Waals surface area contributed by atoms with Crippen LogP contribution in [0.1, 0.15) is 58.3 Å². The van der Waals surface area contributed by atoms with E-state index in [4.69, 9.17) is 0 Å². The fourth-order valence-corrected chi connectivity index (χ4v) is 3.67. The van der Waals surface area contributed by atoms with Crippen molar-refractivity contribution >= 4 is 9.52 Å². The highest BCUT2D eigenvalue weighted by Crippen LogP contribution is 2.28. The Bertz CT molecular complexity index is 95.2. The van der Waals surface area contributed by atoms with Crippen LogP contribution in [0.2, 0.25) is 11.6 Å². The molecule has 0 bridgehead atoms. The molecule has 0 unspecified atom stereocenters. The van der Waals surface area contributed by atoms with Crippen molar-refractivity contribution in [3.05, 3.63) is 0 Å². The fraction of sp³-hybridized carbons (Fsp3) is 1.00. The quantitative estimate of drug-likeness (QED) is 0.444. The number of hydrogen-bond donors (Lipinski definition) is 0. The lowest BCUT2D eigenvalue weighted by molar-refractivity contribution is 0.499. The second-order valence-corrected chi connectivity index (χ2v) is 5.72. The van der Waals surface area contributed by atoms with Gasteiger partial charge in [-0.1, -0.05) is 64.3 Å². The first kappa shape index (κ1) is 10.3. The van der Waals surface area contributed by atoms with Gasteiger partial charge in [0.05, 0.1) is 0 Å². The summed E-state index contributed by atoms with van der Waals surface area (Å²) >= 11 is 0. The van der Waals surface area contributed by atoms with Crippen molar-refractivity contribution in [2.75, 3.05) is 0 Å². The first-order chi connectivity index (χ1) is 5.93. The summed E-state index contributed by atoms with van der Waals surface area (Å²) in [7, 11) is 1.29. The Balaban J connectivity index is 1.91. The molecule has 0 nitrogen and oxygen atoms in total. The largest absolute Gasteiger partial charge is 0.0654 e. The molecule has 1 saturated carbocycles. The van der Waals surface area contributed by atoms with E-state index >= 15 is 0 Å². The molecule has 0 aromatic rings. The van der Waals surface area contributed by atoms with Gasteiger partial charge in [0.2, 0.25) is 0 Å². The molecule has 12 heavy (non-hydrogen) atoms. The Labute approximate surface area is 80.0 Å². The van der Waals surface area contributed by atoms with E-state index in [1.807, 2.05) is 0 Å². The van der Waals surface area contributed by atoms with E-state index in [1.54, 1.807) is 12.8 Å². The van der Waals surface area contributed by atoms with Crippen LogP contribution in [0.15, 0.2) is 0 Å². The highest BCUT2D eigenvalue weighted by atomic mass is 28.2. The maximum atomic E-state index is 2.30. The van der Waals surface area contributed by atoms with Crippen molar-refractivity contribution in [1.29, 1.82) is 0 Å². The molecule has 0 N–H and O–H groups in total. The van der Waals surface area contributed by atoms with Crippen LogP contribution < -0.4 is 0 Å². The molecule has 1 rings (SSSR count). The van der Waals surface area contributed by atoms with E-state index in [-0.39, 0.29) is 0 Å². The summed E-state index contributed by atoms with van der Waals surface area (Å²) in [4.78, 5) is 0. The standard InChI is InChI=1S/C11H22Si/c1-2-3-7-10-12-11-8-5-4-6-9-11/h11H,2-10H2,1H3. The van der Waals surface area contributed by atoms with Crippen molar-refractivity contribution in [1.82, 2.24) is 0 Å². The molecule has 2 radical (unpaired) electrons.